The first-order chi connectivity index (χ1) is 13.8. The van der Waals surface area contributed by atoms with Gasteiger partial charge in [-0.1, -0.05) is 25.1 Å². The molecule has 3 rings (SSSR count). The molecule has 2 heterocycles. The van der Waals surface area contributed by atoms with E-state index in [9.17, 15) is 4.79 Å². The van der Waals surface area contributed by atoms with Crippen molar-refractivity contribution in [3.8, 4) is 5.75 Å². The van der Waals surface area contributed by atoms with E-state index in [2.05, 4.69) is 35.9 Å². The third-order valence-electron chi connectivity index (χ3n) is 4.82. The summed E-state index contributed by atoms with van der Waals surface area (Å²) in [5.41, 5.74) is 3.90. The van der Waals surface area contributed by atoms with Gasteiger partial charge in [0.1, 0.15) is 11.4 Å². The van der Waals surface area contributed by atoms with Gasteiger partial charge in [0.25, 0.3) is 0 Å². The van der Waals surface area contributed by atoms with E-state index in [4.69, 9.17) is 14.6 Å². The Morgan fingerprint density at radius 2 is 1.97 bits per heavy atom. The Kier molecular flexibility index (Phi) is 6.30. The molecular formula is C23H31N3O3. The fourth-order valence-electron chi connectivity index (χ4n) is 3.40. The van der Waals surface area contributed by atoms with Gasteiger partial charge in [-0.2, -0.15) is 5.10 Å². The molecule has 1 aliphatic rings. The van der Waals surface area contributed by atoms with E-state index >= 15 is 0 Å². The molecule has 0 saturated heterocycles. The van der Waals surface area contributed by atoms with Crippen molar-refractivity contribution in [3.63, 3.8) is 0 Å². The predicted octanol–water partition coefficient (Wildman–Crippen LogP) is 4.66. The number of hydrogen-bond acceptors (Lipinski definition) is 4. The van der Waals surface area contributed by atoms with Crippen LogP contribution in [0.4, 0.5) is 4.79 Å². The second-order valence-electron chi connectivity index (χ2n) is 8.28. The fourth-order valence-corrected chi connectivity index (χ4v) is 3.40. The number of ether oxygens (including phenoxy) is 2. The number of carbonyl (C=O) groups excluding carboxylic acids is 1. The topological polar surface area (TPSA) is 56.6 Å². The number of amides is 1. The molecule has 0 N–H and O–H groups in total. The van der Waals surface area contributed by atoms with Gasteiger partial charge in [0, 0.05) is 24.2 Å². The Balaban J connectivity index is 1.86. The maximum Gasteiger partial charge on any atom is 0.410 e. The molecule has 0 atom stereocenters. The van der Waals surface area contributed by atoms with Crippen molar-refractivity contribution < 1.29 is 14.3 Å². The van der Waals surface area contributed by atoms with Gasteiger partial charge in [0.15, 0.2) is 0 Å². The lowest BCUT2D eigenvalue weighted by molar-refractivity contribution is 0.0222. The predicted molar refractivity (Wildman–Crippen MR) is 114 cm³/mol. The summed E-state index contributed by atoms with van der Waals surface area (Å²) in [5.74, 6) is 0.843. The van der Waals surface area contributed by atoms with Gasteiger partial charge < -0.3 is 14.4 Å². The summed E-state index contributed by atoms with van der Waals surface area (Å²) in [6, 6.07) is 8.05. The maximum atomic E-state index is 12.6. The number of carbonyl (C=O) groups is 1. The van der Waals surface area contributed by atoms with E-state index in [1.165, 1.54) is 5.69 Å². The molecule has 0 radical (unpaired) electrons. The Morgan fingerprint density at radius 1 is 1.24 bits per heavy atom. The number of aromatic nitrogens is 2. The summed E-state index contributed by atoms with van der Waals surface area (Å²) >= 11 is 0. The monoisotopic (exact) mass is 397 g/mol. The number of hydrogen-bond donors (Lipinski definition) is 0. The van der Waals surface area contributed by atoms with Crippen molar-refractivity contribution in [1.82, 2.24) is 14.7 Å². The molecule has 1 aliphatic heterocycles. The molecule has 2 aromatic rings. The lowest BCUT2D eigenvalue weighted by Crippen LogP contribution is -2.40. The second-order valence-corrected chi connectivity index (χ2v) is 8.28. The minimum absolute atomic E-state index is 0.267. The summed E-state index contributed by atoms with van der Waals surface area (Å²) < 4.78 is 12.9. The summed E-state index contributed by atoms with van der Waals surface area (Å²) in [6.45, 7) is 9.63. The molecule has 1 amide bonds. The lowest BCUT2D eigenvalue weighted by atomic mass is 10.0. The molecule has 0 unspecified atom stereocenters. The molecule has 0 saturated carbocycles. The van der Waals surface area contributed by atoms with Gasteiger partial charge in [-0.15, -0.1) is 0 Å². The standard InChI is InChI=1S/C23H31N3O3/c1-6-7-8-20-19-16-25(22(27)29-23(2,3)4)14-13-21(19)26(24-20)15-17-9-11-18(28-5)12-10-17/h7-12H,6,13-16H2,1-5H3/b8-7+. The first kappa shape index (κ1) is 21.0. The average Bonchev–Trinajstić information content (AvgIpc) is 3.02. The van der Waals surface area contributed by atoms with Gasteiger partial charge in [0.05, 0.1) is 25.9 Å². The van der Waals surface area contributed by atoms with Crippen LogP contribution in [0.1, 0.15) is 56.6 Å². The number of allylic oxidation sites excluding steroid dienone is 1. The van der Waals surface area contributed by atoms with Crippen molar-refractivity contribution in [2.75, 3.05) is 13.7 Å². The van der Waals surface area contributed by atoms with Crippen LogP contribution in [0.15, 0.2) is 30.3 Å². The van der Waals surface area contributed by atoms with E-state index in [1.807, 2.05) is 32.9 Å². The van der Waals surface area contributed by atoms with Gasteiger partial charge in [0.2, 0.25) is 0 Å². The number of fused-ring (bicyclic) bond motifs is 1. The fraction of sp³-hybridized carbons (Fsp3) is 0.478. The van der Waals surface area contributed by atoms with E-state index in [0.29, 0.717) is 19.6 Å². The van der Waals surface area contributed by atoms with Crippen molar-refractivity contribution in [3.05, 3.63) is 52.9 Å². The van der Waals surface area contributed by atoms with E-state index in [0.717, 1.165) is 35.4 Å². The van der Waals surface area contributed by atoms with Crippen LogP contribution in [0.3, 0.4) is 0 Å². The SMILES string of the molecule is CC/C=C/c1nn(Cc2ccc(OC)cc2)c2c1CN(C(=O)OC(C)(C)C)CC2. The summed E-state index contributed by atoms with van der Waals surface area (Å²) in [7, 11) is 1.67. The van der Waals surface area contributed by atoms with E-state index < -0.39 is 5.60 Å². The van der Waals surface area contributed by atoms with Gasteiger partial charge in [-0.3, -0.25) is 4.68 Å². The van der Waals surface area contributed by atoms with Crippen molar-refractivity contribution >= 4 is 12.2 Å². The Hall–Kier alpha value is -2.76. The first-order valence-electron chi connectivity index (χ1n) is 10.2. The quantitative estimate of drug-likeness (QED) is 0.736. The Morgan fingerprint density at radius 3 is 2.59 bits per heavy atom. The van der Waals surface area contributed by atoms with Crippen LogP contribution in [0, 0.1) is 0 Å². The largest absolute Gasteiger partial charge is 0.497 e. The Labute approximate surface area is 173 Å². The summed E-state index contributed by atoms with van der Waals surface area (Å²) in [4.78, 5) is 14.3. The summed E-state index contributed by atoms with van der Waals surface area (Å²) in [6.07, 6.45) is 5.60. The molecule has 156 valence electrons. The zero-order valence-corrected chi connectivity index (χ0v) is 18.1. The molecule has 1 aromatic carbocycles. The number of nitrogens with zero attached hydrogens (tertiary/aromatic N) is 3. The molecular weight excluding hydrogens is 366 g/mol. The molecule has 6 nitrogen and oxygen atoms in total. The maximum absolute atomic E-state index is 12.6. The average molecular weight is 398 g/mol. The first-order valence-corrected chi connectivity index (χ1v) is 10.2. The molecule has 0 spiro atoms. The smallest absolute Gasteiger partial charge is 0.410 e. The zero-order valence-electron chi connectivity index (χ0n) is 18.1. The van der Waals surface area contributed by atoms with Crippen LogP contribution in [-0.4, -0.2) is 40.0 Å². The number of rotatable bonds is 5. The zero-order chi connectivity index (χ0) is 21.0. The van der Waals surface area contributed by atoms with Crippen molar-refractivity contribution in [2.24, 2.45) is 0 Å². The van der Waals surface area contributed by atoms with Crippen molar-refractivity contribution in [1.29, 1.82) is 0 Å². The molecule has 0 aliphatic carbocycles. The highest BCUT2D eigenvalue weighted by Gasteiger charge is 2.29. The normalized spacial score (nSPS) is 14.2. The number of benzene rings is 1. The molecule has 0 fully saturated rings. The van der Waals surface area contributed by atoms with Crippen LogP contribution < -0.4 is 4.74 Å². The van der Waals surface area contributed by atoms with Gasteiger partial charge in [-0.25, -0.2) is 4.79 Å². The highest BCUT2D eigenvalue weighted by Crippen LogP contribution is 2.26. The second kappa shape index (κ2) is 8.72. The lowest BCUT2D eigenvalue weighted by Gasteiger charge is -2.30. The third-order valence-corrected chi connectivity index (χ3v) is 4.82. The van der Waals surface area contributed by atoms with Crippen LogP contribution in [-0.2, 0) is 24.2 Å². The minimum atomic E-state index is -0.499. The van der Waals surface area contributed by atoms with E-state index in [-0.39, 0.29) is 6.09 Å². The highest BCUT2D eigenvalue weighted by atomic mass is 16.6. The Bertz CT molecular complexity index is 876. The van der Waals surface area contributed by atoms with Gasteiger partial charge in [-0.05, 0) is 51.0 Å². The third kappa shape index (κ3) is 5.19. The van der Waals surface area contributed by atoms with Crippen LogP contribution in [0.25, 0.3) is 6.08 Å². The van der Waals surface area contributed by atoms with Crippen molar-refractivity contribution in [2.45, 2.75) is 59.2 Å². The molecule has 0 bridgehead atoms. The van der Waals surface area contributed by atoms with Crippen LogP contribution in [0.5, 0.6) is 5.75 Å². The molecule has 29 heavy (non-hydrogen) atoms. The van der Waals surface area contributed by atoms with Crippen LogP contribution in [0.2, 0.25) is 0 Å². The van der Waals surface area contributed by atoms with Crippen LogP contribution >= 0.6 is 0 Å². The summed E-state index contributed by atoms with van der Waals surface area (Å²) in [5, 5.41) is 4.86. The van der Waals surface area contributed by atoms with Gasteiger partial charge >= 0.3 is 6.09 Å². The van der Waals surface area contributed by atoms with E-state index in [1.54, 1.807) is 12.0 Å². The molecule has 1 aromatic heterocycles. The minimum Gasteiger partial charge on any atom is -0.497 e. The highest BCUT2D eigenvalue weighted by molar-refractivity contribution is 5.69. The molecule has 6 heteroatoms. The number of methoxy groups -OCH3 is 1.